The van der Waals surface area contributed by atoms with Crippen LogP contribution in [0.25, 0.3) is 0 Å². The van der Waals surface area contributed by atoms with Gasteiger partial charge in [-0.1, -0.05) is 17.8 Å². The highest BCUT2D eigenvalue weighted by atomic mass is 32.2. The molecular weight excluding hydrogens is 304 g/mol. The number of hydrogen-bond acceptors (Lipinski definition) is 5. The lowest BCUT2D eigenvalue weighted by Crippen LogP contribution is -2.41. The van der Waals surface area contributed by atoms with Crippen LogP contribution in [0.3, 0.4) is 0 Å². The molecule has 2 aromatic rings. The normalized spacial score (nSPS) is 11.6. The maximum Gasteiger partial charge on any atom is 0.230 e. The van der Waals surface area contributed by atoms with Crippen molar-refractivity contribution in [2.75, 3.05) is 5.75 Å². The average Bonchev–Trinajstić information content (AvgIpc) is 2.98. The minimum Gasteiger partial charge on any atom is -0.351 e. The zero-order valence-electron chi connectivity index (χ0n) is 12.7. The molecule has 0 aliphatic carbocycles. The van der Waals surface area contributed by atoms with E-state index >= 15 is 0 Å². The van der Waals surface area contributed by atoms with Crippen molar-refractivity contribution in [1.29, 1.82) is 0 Å². The molecule has 2 heterocycles. The van der Waals surface area contributed by atoms with E-state index in [1.54, 1.807) is 11.3 Å². The van der Waals surface area contributed by atoms with Gasteiger partial charge in [-0.3, -0.25) is 4.79 Å². The molecule has 0 aliphatic heterocycles. The summed E-state index contributed by atoms with van der Waals surface area (Å²) >= 11 is 3.12. The van der Waals surface area contributed by atoms with Crippen LogP contribution in [0.4, 0.5) is 0 Å². The molecule has 0 bridgehead atoms. The lowest BCUT2D eigenvalue weighted by molar-refractivity contribution is -0.119. The number of carbonyl (C=O) groups excluding carboxylic acids is 1. The van der Waals surface area contributed by atoms with Crippen LogP contribution >= 0.6 is 23.1 Å². The van der Waals surface area contributed by atoms with Gasteiger partial charge in [-0.2, -0.15) is 0 Å². The third-order valence-corrected chi connectivity index (χ3v) is 4.58. The van der Waals surface area contributed by atoms with Crippen molar-refractivity contribution in [2.24, 2.45) is 7.05 Å². The molecular formula is C14H20N4OS2. The molecule has 5 nitrogen and oxygen atoms in total. The summed E-state index contributed by atoms with van der Waals surface area (Å²) in [5, 5.41) is 14.1. The van der Waals surface area contributed by atoms with Gasteiger partial charge in [-0.05, 0) is 32.2 Å². The molecule has 2 rings (SSSR count). The van der Waals surface area contributed by atoms with E-state index in [9.17, 15) is 4.79 Å². The molecule has 0 spiro atoms. The Kier molecular flexibility index (Phi) is 5.05. The molecule has 21 heavy (non-hydrogen) atoms. The second-order valence-corrected chi connectivity index (χ2v) is 7.78. The summed E-state index contributed by atoms with van der Waals surface area (Å²) in [7, 11) is 1.94. The Labute approximate surface area is 133 Å². The first-order valence-corrected chi connectivity index (χ1v) is 8.56. The van der Waals surface area contributed by atoms with Crippen molar-refractivity contribution in [3.8, 4) is 0 Å². The molecule has 0 fully saturated rings. The maximum absolute atomic E-state index is 11.8. The second kappa shape index (κ2) is 6.62. The Hall–Kier alpha value is -1.34. The van der Waals surface area contributed by atoms with Crippen LogP contribution in [0.15, 0.2) is 22.7 Å². The predicted octanol–water partition coefficient (Wildman–Crippen LogP) is 2.47. The zero-order chi connectivity index (χ0) is 15.5. The fraction of sp³-hybridized carbons (Fsp3) is 0.500. The zero-order valence-corrected chi connectivity index (χ0v) is 14.3. The quantitative estimate of drug-likeness (QED) is 0.858. The topological polar surface area (TPSA) is 59.8 Å². The van der Waals surface area contributed by atoms with Crippen LogP contribution in [0.5, 0.6) is 0 Å². The highest BCUT2D eigenvalue weighted by Crippen LogP contribution is 2.19. The minimum atomic E-state index is -0.206. The van der Waals surface area contributed by atoms with Crippen molar-refractivity contribution in [3.05, 3.63) is 28.2 Å². The van der Waals surface area contributed by atoms with E-state index in [-0.39, 0.29) is 11.4 Å². The number of amides is 1. The minimum absolute atomic E-state index is 0.00954. The Morgan fingerprint density at radius 1 is 1.43 bits per heavy atom. The number of aromatic nitrogens is 3. The van der Waals surface area contributed by atoms with Gasteiger partial charge >= 0.3 is 0 Å². The second-order valence-electron chi connectivity index (χ2n) is 5.80. The van der Waals surface area contributed by atoms with Crippen molar-refractivity contribution in [1.82, 2.24) is 20.1 Å². The summed E-state index contributed by atoms with van der Waals surface area (Å²) in [4.78, 5) is 13.1. The number of carbonyl (C=O) groups is 1. The molecule has 0 aliphatic rings. The summed E-state index contributed by atoms with van der Waals surface area (Å²) in [6.45, 7) is 5.91. The van der Waals surface area contributed by atoms with Crippen LogP contribution < -0.4 is 5.32 Å². The van der Waals surface area contributed by atoms with E-state index in [0.29, 0.717) is 5.75 Å². The average molecular weight is 324 g/mol. The fourth-order valence-corrected chi connectivity index (χ4v) is 3.21. The molecule has 0 saturated heterocycles. The predicted molar refractivity (Wildman–Crippen MR) is 86.7 cm³/mol. The molecule has 0 saturated carbocycles. The largest absolute Gasteiger partial charge is 0.351 e. The van der Waals surface area contributed by atoms with E-state index < -0.39 is 0 Å². The Morgan fingerprint density at radius 3 is 2.81 bits per heavy atom. The molecule has 114 valence electrons. The number of nitrogens with one attached hydrogen (secondary N) is 1. The van der Waals surface area contributed by atoms with Crippen LogP contribution in [-0.2, 0) is 18.3 Å². The first-order valence-electron chi connectivity index (χ1n) is 6.69. The smallest absolute Gasteiger partial charge is 0.230 e. The van der Waals surface area contributed by atoms with Gasteiger partial charge in [0, 0.05) is 23.9 Å². The van der Waals surface area contributed by atoms with Gasteiger partial charge in [0.15, 0.2) is 5.16 Å². The molecule has 2 aromatic heterocycles. The van der Waals surface area contributed by atoms with E-state index in [4.69, 9.17) is 0 Å². The van der Waals surface area contributed by atoms with Crippen LogP contribution in [0.2, 0.25) is 0 Å². The molecule has 1 amide bonds. The van der Waals surface area contributed by atoms with E-state index in [2.05, 4.69) is 27.0 Å². The molecule has 0 unspecified atom stereocenters. The summed E-state index contributed by atoms with van der Waals surface area (Å²) in [6, 6.07) is 4.12. The summed E-state index contributed by atoms with van der Waals surface area (Å²) in [5.41, 5.74) is -0.206. The molecule has 7 heteroatoms. The van der Waals surface area contributed by atoms with Gasteiger partial charge in [0.1, 0.15) is 5.82 Å². The number of rotatable bonds is 5. The number of thiophene rings is 1. The maximum atomic E-state index is 11.8. The molecule has 0 atom stereocenters. The van der Waals surface area contributed by atoms with Crippen molar-refractivity contribution < 1.29 is 4.79 Å². The third-order valence-electron chi connectivity index (χ3n) is 2.68. The van der Waals surface area contributed by atoms with Crippen LogP contribution in [-0.4, -0.2) is 32.0 Å². The van der Waals surface area contributed by atoms with E-state index in [1.807, 2.05) is 38.5 Å². The van der Waals surface area contributed by atoms with Gasteiger partial charge in [-0.15, -0.1) is 21.5 Å². The summed E-state index contributed by atoms with van der Waals surface area (Å²) < 4.78 is 1.95. The highest BCUT2D eigenvalue weighted by molar-refractivity contribution is 7.99. The SMILES string of the molecule is Cn1c(Cc2cccs2)nnc1SCC(=O)NC(C)(C)C. The van der Waals surface area contributed by atoms with E-state index in [1.165, 1.54) is 16.6 Å². The van der Waals surface area contributed by atoms with Gasteiger partial charge in [0.25, 0.3) is 0 Å². The Bertz CT molecular complexity index is 599. The molecule has 1 N–H and O–H groups in total. The molecule has 0 aromatic carbocycles. The van der Waals surface area contributed by atoms with Gasteiger partial charge < -0.3 is 9.88 Å². The highest BCUT2D eigenvalue weighted by Gasteiger charge is 2.16. The van der Waals surface area contributed by atoms with Crippen molar-refractivity contribution in [3.63, 3.8) is 0 Å². The first-order chi connectivity index (χ1) is 9.85. The molecule has 0 radical (unpaired) electrons. The summed E-state index contributed by atoms with van der Waals surface area (Å²) in [6.07, 6.45) is 0.774. The van der Waals surface area contributed by atoms with E-state index in [0.717, 1.165) is 17.4 Å². The number of thioether (sulfide) groups is 1. The lowest BCUT2D eigenvalue weighted by Gasteiger charge is -2.20. The Balaban J connectivity index is 1.93. The first kappa shape index (κ1) is 16.0. The number of hydrogen-bond donors (Lipinski definition) is 1. The third kappa shape index (κ3) is 4.86. The number of nitrogens with zero attached hydrogens (tertiary/aromatic N) is 3. The van der Waals surface area contributed by atoms with Crippen molar-refractivity contribution >= 4 is 29.0 Å². The van der Waals surface area contributed by atoms with Gasteiger partial charge in [-0.25, -0.2) is 0 Å². The fourth-order valence-electron chi connectivity index (χ4n) is 1.78. The lowest BCUT2D eigenvalue weighted by atomic mass is 10.1. The standard InChI is InChI=1S/C14H20N4OS2/c1-14(2,3)15-12(19)9-21-13-17-16-11(18(13)4)8-10-6-5-7-20-10/h5-7H,8-9H2,1-4H3,(H,15,19). The summed E-state index contributed by atoms with van der Waals surface area (Å²) in [5.74, 6) is 1.27. The monoisotopic (exact) mass is 324 g/mol. The van der Waals surface area contributed by atoms with Crippen LogP contribution in [0, 0.1) is 0 Å². The Morgan fingerprint density at radius 2 is 2.19 bits per heavy atom. The van der Waals surface area contributed by atoms with Crippen molar-refractivity contribution in [2.45, 2.75) is 37.9 Å². The van der Waals surface area contributed by atoms with Crippen LogP contribution in [0.1, 0.15) is 31.5 Å². The van der Waals surface area contributed by atoms with Gasteiger partial charge in [0.05, 0.1) is 5.75 Å². The van der Waals surface area contributed by atoms with Gasteiger partial charge in [0.2, 0.25) is 5.91 Å².